The topological polar surface area (TPSA) is 94.3 Å². The van der Waals surface area contributed by atoms with Gasteiger partial charge in [-0.3, -0.25) is 4.79 Å². The van der Waals surface area contributed by atoms with Crippen LogP contribution in [0.15, 0.2) is 4.52 Å². The van der Waals surface area contributed by atoms with Crippen LogP contribution in [0.4, 0.5) is 4.79 Å². The summed E-state index contributed by atoms with van der Waals surface area (Å²) in [6.07, 6.45) is 1.41. The van der Waals surface area contributed by atoms with Gasteiger partial charge in [0.05, 0.1) is 0 Å². The molecule has 1 N–H and O–H groups in total. The number of carbonyl (C=O) groups excluding carboxylic acids is 2. The zero-order valence-corrected chi connectivity index (χ0v) is 13.7. The first kappa shape index (κ1) is 16.5. The Morgan fingerprint density at radius 2 is 1.95 bits per heavy atom. The lowest BCUT2D eigenvalue weighted by molar-refractivity contribution is 0.0471. The van der Waals surface area contributed by atoms with Gasteiger partial charge in [0.15, 0.2) is 5.82 Å². The molecule has 0 aromatic carbocycles. The van der Waals surface area contributed by atoms with E-state index < -0.39 is 17.7 Å². The van der Waals surface area contributed by atoms with E-state index in [-0.39, 0.29) is 17.6 Å². The SMILES string of the molecule is CC(C)C(NC(=O)OC(C)(C)C)C(=O)c1nc(C2CC2)no1. The number of hydrogen-bond donors (Lipinski definition) is 1. The Hall–Kier alpha value is -1.92. The van der Waals surface area contributed by atoms with Crippen LogP contribution < -0.4 is 5.32 Å². The molecule has 1 aromatic heterocycles. The maximum Gasteiger partial charge on any atom is 0.408 e. The van der Waals surface area contributed by atoms with E-state index in [1.54, 1.807) is 20.8 Å². The van der Waals surface area contributed by atoms with Crippen molar-refractivity contribution < 1.29 is 18.8 Å². The van der Waals surface area contributed by atoms with E-state index in [0.29, 0.717) is 11.7 Å². The van der Waals surface area contributed by atoms with Gasteiger partial charge in [-0.15, -0.1) is 0 Å². The Kier molecular flexibility index (Phi) is 4.53. The monoisotopic (exact) mass is 309 g/mol. The molecule has 1 aliphatic rings. The molecule has 1 heterocycles. The molecule has 7 heteroatoms. The molecule has 0 radical (unpaired) electrons. The van der Waals surface area contributed by atoms with Crippen molar-refractivity contribution in [2.45, 2.75) is 65.0 Å². The van der Waals surface area contributed by atoms with Crippen LogP contribution in [-0.4, -0.2) is 33.7 Å². The quantitative estimate of drug-likeness (QED) is 0.840. The predicted octanol–water partition coefficient (Wildman–Crippen LogP) is 2.68. The number of Topliss-reactive ketones (excluding diaryl/α,β-unsaturated/α-hetero) is 1. The van der Waals surface area contributed by atoms with Gasteiger partial charge in [-0.1, -0.05) is 19.0 Å². The number of rotatable bonds is 5. The molecule has 0 spiro atoms. The number of ketones is 1. The lowest BCUT2D eigenvalue weighted by atomic mass is 10.00. The molecule has 1 unspecified atom stereocenters. The van der Waals surface area contributed by atoms with Gasteiger partial charge in [-0.05, 0) is 39.5 Å². The van der Waals surface area contributed by atoms with E-state index in [0.717, 1.165) is 12.8 Å². The van der Waals surface area contributed by atoms with Gasteiger partial charge in [0.25, 0.3) is 5.89 Å². The number of amides is 1. The van der Waals surface area contributed by atoms with Crippen LogP contribution in [0.2, 0.25) is 0 Å². The minimum Gasteiger partial charge on any atom is -0.444 e. The Labute approximate surface area is 129 Å². The van der Waals surface area contributed by atoms with Crippen LogP contribution in [0.25, 0.3) is 0 Å². The molecule has 1 amide bonds. The van der Waals surface area contributed by atoms with Crippen molar-refractivity contribution in [2.75, 3.05) is 0 Å². The van der Waals surface area contributed by atoms with Crippen LogP contribution in [0.3, 0.4) is 0 Å². The number of alkyl carbamates (subject to hydrolysis) is 1. The van der Waals surface area contributed by atoms with Crippen molar-refractivity contribution in [1.29, 1.82) is 0 Å². The lowest BCUT2D eigenvalue weighted by Crippen LogP contribution is -2.46. The van der Waals surface area contributed by atoms with Crippen molar-refractivity contribution in [3.05, 3.63) is 11.7 Å². The van der Waals surface area contributed by atoms with Gasteiger partial charge in [0, 0.05) is 5.92 Å². The minimum absolute atomic E-state index is 0.0586. The fraction of sp³-hybridized carbons (Fsp3) is 0.733. The number of aromatic nitrogens is 2. The molecule has 1 atom stereocenters. The van der Waals surface area contributed by atoms with Crippen LogP contribution in [0.1, 0.15) is 69.9 Å². The molecule has 1 aromatic rings. The average molecular weight is 309 g/mol. The van der Waals surface area contributed by atoms with E-state index in [9.17, 15) is 9.59 Å². The summed E-state index contributed by atoms with van der Waals surface area (Å²) in [6.45, 7) is 8.95. The molecule has 122 valence electrons. The molecule has 0 aliphatic heterocycles. The van der Waals surface area contributed by atoms with Crippen LogP contribution >= 0.6 is 0 Å². The van der Waals surface area contributed by atoms with Gasteiger partial charge in [0.1, 0.15) is 11.6 Å². The summed E-state index contributed by atoms with van der Waals surface area (Å²) in [6, 6.07) is -0.762. The first-order chi connectivity index (χ1) is 10.2. The first-order valence-corrected chi connectivity index (χ1v) is 7.54. The smallest absolute Gasteiger partial charge is 0.408 e. The number of ether oxygens (including phenoxy) is 1. The van der Waals surface area contributed by atoms with Crippen molar-refractivity contribution in [3.63, 3.8) is 0 Å². The molecule has 1 aliphatic carbocycles. The van der Waals surface area contributed by atoms with Crippen molar-refractivity contribution in [1.82, 2.24) is 15.5 Å². The van der Waals surface area contributed by atoms with E-state index in [1.165, 1.54) is 0 Å². The fourth-order valence-corrected chi connectivity index (χ4v) is 1.94. The minimum atomic E-state index is -0.762. The highest BCUT2D eigenvalue weighted by Gasteiger charge is 2.34. The summed E-state index contributed by atoms with van der Waals surface area (Å²) in [7, 11) is 0. The van der Waals surface area contributed by atoms with Gasteiger partial charge < -0.3 is 14.6 Å². The largest absolute Gasteiger partial charge is 0.444 e. The first-order valence-electron chi connectivity index (χ1n) is 7.54. The Morgan fingerprint density at radius 3 is 2.45 bits per heavy atom. The number of carbonyl (C=O) groups is 2. The van der Waals surface area contributed by atoms with Crippen molar-refractivity contribution >= 4 is 11.9 Å². The standard InChI is InChI=1S/C15H23N3O4/c1-8(2)10(16-14(20)21-15(3,4)5)11(19)13-17-12(18-22-13)9-6-7-9/h8-10H,6-7H2,1-5H3,(H,16,20). The third kappa shape index (κ3) is 4.29. The summed E-state index contributed by atoms with van der Waals surface area (Å²) >= 11 is 0. The van der Waals surface area contributed by atoms with E-state index in [4.69, 9.17) is 9.26 Å². The zero-order chi connectivity index (χ0) is 16.5. The third-order valence-electron chi connectivity index (χ3n) is 3.22. The number of hydrogen-bond acceptors (Lipinski definition) is 6. The van der Waals surface area contributed by atoms with Gasteiger partial charge in [0.2, 0.25) is 5.78 Å². The number of nitrogens with one attached hydrogen (secondary N) is 1. The summed E-state index contributed by atoms with van der Waals surface area (Å²) in [5, 5.41) is 6.42. The third-order valence-corrected chi connectivity index (χ3v) is 3.22. The summed E-state index contributed by atoms with van der Waals surface area (Å²) in [5.74, 6) is 0.304. The van der Waals surface area contributed by atoms with E-state index in [1.807, 2.05) is 13.8 Å². The average Bonchev–Trinajstić information content (AvgIpc) is 3.11. The lowest BCUT2D eigenvalue weighted by Gasteiger charge is -2.24. The zero-order valence-electron chi connectivity index (χ0n) is 13.7. The maximum absolute atomic E-state index is 12.5. The van der Waals surface area contributed by atoms with Crippen LogP contribution in [-0.2, 0) is 4.74 Å². The van der Waals surface area contributed by atoms with E-state index >= 15 is 0 Å². The Balaban J connectivity index is 2.05. The second-order valence-corrected chi connectivity index (χ2v) is 6.96. The molecule has 22 heavy (non-hydrogen) atoms. The van der Waals surface area contributed by atoms with Gasteiger partial charge in [-0.25, -0.2) is 4.79 Å². The van der Waals surface area contributed by atoms with Gasteiger partial charge in [-0.2, -0.15) is 4.98 Å². The maximum atomic E-state index is 12.5. The Morgan fingerprint density at radius 1 is 1.32 bits per heavy atom. The summed E-state index contributed by atoms with van der Waals surface area (Å²) in [5.41, 5.74) is -0.627. The molecule has 0 saturated heterocycles. The van der Waals surface area contributed by atoms with Crippen LogP contribution in [0, 0.1) is 5.92 Å². The predicted molar refractivity (Wildman–Crippen MR) is 78.6 cm³/mol. The fourth-order valence-electron chi connectivity index (χ4n) is 1.94. The molecule has 0 bridgehead atoms. The number of nitrogens with zero attached hydrogens (tertiary/aromatic N) is 2. The molecule has 1 saturated carbocycles. The van der Waals surface area contributed by atoms with Gasteiger partial charge >= 0.3 is 6.09 Å². The molecule has 1 fully saturated rings. The Bertz CT molecular complexity index is 555. The highest BCUT2D eigenvalue weighted by atomic mass is 16.6. The van der Waals surface area contributed by atoms with Crippen molar-refractivity contribution in [2.24, 2.45) is 5.92 Å². The molecular weight excluding hydrogens is 286 g/mol. The molecule has 2 rings (SSSR count). The molecule has 7 nitrogen and oxygen atoms in total. The van der Waals surface area contributed by atoms with Crippen LogP contribution in [0.5, 0.6) is 0 Å². The molecular formula is C15H23N3O4. The summed E-state index contributed by atoms with van der Waals surface area (Å²) in [4.78, 5) is 28.5. The summed E-state index contributed by atoms with van der Waals surface area (Å²) < 4.78 is 10.2. The van der Waals surface area contributed by atoms with E-state index in [2.05, 4.69) is 15.5 Å². The highest BCUT2D eigenvalue weighted by Crippen LogP contribution is 2.38. The van der Waals surface area contributed by atoms with Crippen molar-refractivity contribution in [3.8, 4) is 0 Å². The highest BCUT2D eigenvalue weighted by molar-refractivity contribution is 5.98. The second-order valence-electron chi connectivity index (χ2n) is 6.96. The second kappa shape index (κ2) is 6.06. The normalized spacial score (nSPS) is 16.5.